The number of carbonyl (C=O) groups is 1. The fourth-order valence-corrected chi connectivity index (χ4v) is 3.10. The third-order valence-electron chi connectivity index (χ3n) is 4.29. The highest BCUT2D eigenvalue weighted by Crippen LogP contribution is 2.18. The molecule has 0 bridgehead atoms. The Morgan fingerprint density at radius 2 is 1.83 bits per heavy atom. The molecular weight excluding hydrogens is 388 g/mol. The summed E-state index contributed by atoms with van der Waals surface area (Å²) < 4.78 is 16.9. The van der Waals surface area contributed by atoms with Crippen LogP contribution < -0.4 is 20.1 Å². The molecule has 0 unspecified atom stereocenters. The normalized spacial score (nSPS) is 15.8. The smallest absolute Gasteiger partial charge is 0.257 e. The number of hydrogen-bond acceptors (Lipinski definition) is 5. The van der Waals surface area contributed by atoms with E-state index in [1.807, 2.05) is 38.1 Å². The average molecular weight is 415 g/mol. The van der Waals surface area contributed by atoms with Gasteiger partial charge in [0.2, 0.25) is 0 Å². The zero-order chi connectivity index (χ0) is 20.6. The molecule has 2 aromatic carbocycles. The number of amides is 1. The van der Waals surface area contributed by atoms with Gasteiger partial charge in [0.25, 0.3) is 5.91 Å². The molecule has 1 heterocycles. The summed E-state index contributed by atoms with van der Waals surface area (Å²) >= 11 is 5.24. The Kier molecular flexibility index (Phi) is 7.43. The first kappa shape index (κ1) is 21.1. The van der Waals surface area contributed by atoms with Crippen LogP contribution in [0.25, 0.3) is 0 Å². The predicted molar refractivity (Wildman–Crippen MR) is 117 cm³/mol. The molecular formula is C22H26N2O4S. The van der Waals surface area contributed by atoms with Gasteiger partial charge in [-0.05, 0) is 87.4 Å². The van der Waals surface area contributed by atoms with Crippen LogP contribution in [0.15, 0.2) is 48.5 Å². The second-order valence-electron chi connectivity index (χ2n) is 7.07. The van der Waals surface area contributed by atoms with Gasteiger partial charge in [-0.3, -0.25) is 10.1 Å². The first-order chi connectivity index (χ1) is 14.0. The van der Waals surface area contributed by atoms with Crippen LogP contribution in [-0.4, -0.2) is 36.4 Å². The number of nitrogens with one attached hydrogen (secondary N) is 2. The van der Waals surface area contributed by atoms with Crippen molar-refractivity contribution in [2.45, 2.75) is 38.9 Å². The molecule has 0 radical (unpaired) electrons. The van der Waals surface area contributed by atoms with E-state index in [0.717, 1.165) is 36.6 Å². The second-order valence-corrected chi connectivity index (χ2v) is 7.48. The quantitative estimate of drug-likeness (QED) is 0.663. The Morgan fingerprint density at radius 3 is 2.45 bits per heavy atom. The van der Waals surface area contributed by atoms with Crippen molar-refractivity contribution in [1.29, 1.82) is 0 Å². The summed E-state index contributed by atoms with van der Waals surface area (Å²) in [5.74, 6) is 1.21. The molecule has 1 saturated heterocycles. The Labute approximate surface area is 176 Å². The van der Waals surface area contributed by atoms with Crippen LogP contribution in [-0.2, 0) is 4.74 Å². The molecule has 2 aromatic rings. The third-order valence-corrected chi connectivity index (χ3v) is 4.49. The van der Waals surface area contributed by atoms with Crippen molar-refractivity contribution in [3.05, 3.63) is 54.1 Å². The van der Waals surface area contributed by atoms with E-state index in [1.165, 1.54) is 0 Å². The third kappa shape index (κ3) is 6.73. The molecule has 1 aliphatic rings. The van der Waals surface area contributed by atoms with Gasteiger partial charge < -0.3 is 19.5 Å². The van der Waals surface area contributed by atoms with Crippen molar-refractivity contribution in [2.75, 3.05) is 18.5 Å². The SMILES string of the molecule is CC(C)Oc1ccc(C(=O)NC(=S)Nc2ccc(OC[C@@H]3CCCO3)cc2)cc1. The molecule has 1 amide bonds. The van der Waals surface area contributed by atoms with Gasteiger partial charge in [0.15, 0.2) is 5.11 Å². The zero-order valence-corrected chi connectivity index (χ0v) is 17.5. The lowest BCUT2D eigenvalue weighted by Gasteiger charge is -2.13. The van der Waals surface area contributed by atoms with Gasteiger partial charge in [-0.15, -0.1) is 0 Å². The van der Waals surface area contributed by atoms with Crippen LogP contribution in [0, 0.1) is 0 Å². The highest BCUT2D eigenvalue weighted by atomic mass is 32.1. The van der Waals surface area contributed by atoms with Gasteiger partial charge >= 0.3 is 0 Å². The number of benzene rings is 2. The molecule has 3 rings (SSSR count). The maximum atomic E-state index is 12.3. The maximum Gasteiger partial charge on any atom is 0.257 e. The molecule has 1 atom stereocenters. The molecule has 7 heteroatoms. The molecule has 154 valence electrons. The van der Waals surface area contributed by atoms with Gasteiger partial charge in [0, 0.05) is 17.9 Å². The Balaban J connectivity index is 1.46. The van der Waals surface area contributed by atoms with Crippen molar-refractivity contribution in [3.63, 3.8) is 0 Å². The van der Waals surface area contributed by atoms with E-state index in [4.69, 9.17) is 26.4 Å². The van der Waals surface area contributed by atoms with E-state index >= 15 is 0 Å². The van der Waals surface area contributed by atoms with Crippen LogP contribution in [0.2, 0.25) is 0 Å². The van der Waals surface area contributed by atoms with E-state index in [-0.39, 0.29) is 23.2 Å². The van der Waals surface area contributed by atoms with Crippen LogP contribution in [0.4, 0.5) is 5.69 Å². The predicted octanol–water partition coefficient (Wildman–Crippen LogP) is 4.16. The molecule has 6 nitrogen and oxygen atoms in total. The molecule has 0 aliphatic carbocycles. The fraction of sp³-hybridized carbons (Fsp3) is 0.364. The molecule has 0 spiro atoms. The van der Waals surface area contributed by atoms with E-state index in [1.54, 1.807) is 24.3 Å². The monoisotopic (exact) mass is 414 g/mol. The Hall–Kier alpha value is -2.64. The summed E-state index contributed by atoms with van der Waals surface area (Å²) in [7, 11) is 0. The summed E-state index contributed by atoms with van der Waals surface area (Å²) in [5.41, 5.74) is 1.27. The van der Waals surface area contributed by atoms with Crippen molar-refractivity contribution < 1.29 is 19.0 Å². The highest BCUT2D eigenvalue weighted by Gasteiger charge is 2.16. The van der Waals surface area contributed by atoms with Crippen molar-refractivity contribution in [3.8, 4) is 11.5 Å². The summed E-state index contributed by atoms with van der Waals surface area (Å²) in [6.45, 7) is 5.28. The fourth-order valence-electron chi connectivity index (χ4n) is 2.89. The first-order valence-corrected chi connectivity index (χ1v) is 10.1. The number of anilines is 1. The van der Waals surface area contributed by atoms with Crippen LogP contribution in [0.1, 0.15) is 37.0 Å². The zero-order valence-electron chi connectivity index (χ0n) is 16.6. The average Bonchev–Trinajstić information content (AvgIpc) is 3.21. The van der Waals surface area contributed by atoms with Crippen molar-refractivity contribution >= 4 is 28.9 Å². The second kappa shape index (κ2) is 10.2. The van der Waals surface area contributed by atoms with Crippen molar-refractivity contribution in [1.82, 2.24) is 5.32 Å². The lowest BCUT2D eigenvalue weighted by Crippen LogP contribution is -2.34. The number of carbonyl (C=O) groups excluding carboxylic acids is 1. The Morgan fingerprint density at radius 1 is 1.14 bits per heavy atom. The minimum atomic E-state index is -0.282. The summed E-state index contributed by atoms with van der Waals surface area (Å²) in [4.78, 5) is 12.3. The minimum Gasteiger partial charge on any atom is -0.491 e. The molecule has 2 N–H and O–H groups in total. The topological polar surface area (TPSA) is 68.8 Å². The molecule has 29 heavy (non-hydrogen) atoms. The lowest BCUT2D eigenvalue weighted by molar-refractivity contribution is 0.0679. The molecule has 0 aromatic heterocycles. The van der Waals surface area contributed by atoms with Crippen LogP contribution in [0.5, 0.6) is 11.5 Å². The van der Waals surface area contributed by atoms with E-state index in [0.29, 0.717) is 12.2 Å². The number of ether oxygens (including phenoxy) is 3. The first-order valence-electron chi connectivity index (χ1n) is 9.73. The van der Waals surface area contributed by atoms with Gasteiger partial charge in [0.05, 0.1) is 12.2 Å². The minimum absolute atomic E-state index is 0.0827. The molecule has 1 aliphatic heterocycles. The van der Waals surface area contributed by atoms with Gasteiger partial charge in [-0.1, -0.05) is 0 Å². The van der Waals surface area contributed by atoms with Crippen molar-refractivity contribution in [2.24, 2.45) is 0 Å². The number of rotatable bonds is 7. The molecule has 1 fully saturated rings. The van der Waals surface area contributed by atoms with Gasteiger partial charge in [-0.2, -0.15) is 0 Å². The van der Waals surface area contributed by atoms with Gasteiger partial charge in [0.1, 0.15) is 18.1 Å². The molecule has 0 saturated carbocycles. The van der Waals surface area contributed by atoms with E-state index in [2.05, 4.69) is 10.6 Å². The summed E-state index contributed by atoms with van der Waals surface area (Å²) in [5, 5.41) is 5.90. The van der Waals surface area contributed by atoms with Crippen LogP contribution >= 0.6 is 12.2 Å². The van der Waals surface area contributed by atoms with Crippen LogP contribution in [0.3, 0.4) is 0 Å². The largest absolute Gasteiger partial charge is 0.491 e. The Bertz CT molecular complexity index is 816. The maximum absolute atomic E-state index is 12.3. The standard InChI is InChI=1S/C22H26N2O4S/c1-15(2)28-19-9-5-16(6-10-19)21(25)24-22(29)23-17-7-11-18(12-8-17)27-14-20-4-3-13-26-20/h5-12,15,20H,3-4,13-14H2,1-2H3,(H2,23,24,25,29)/t20-/m0/s1. The number of thiocarbonyl (C=S) groups is 1. The highest BCUT2D eigenvalue weighted by molar-refractivity contribution is 7.80. The number of hydrogen-bond donors (Lipinski definition) is 2. The van der Waals surface area contributed by atoms with E-state index in [9.17, 15) is 4.79 Å². The summed E-state index contributed by atoms with van der Waals surface area (Å²) in [6.07, 6.45) is 2.40. The van der Waals surface area contributed by atoms with E-state index < -0.39 is 0 Å². The van der Waals surface area contributed by atoms with Gasteiger partial charge in [-0.25, -0.2) is 0 Å². The lowest BCUT2D eigenvalue weighted by atomic mass is 10.2. The summed E-state index contributed by atoms with van der Waals surface area (Å²) in [6, 6.07) is 14.3.